The molecule has 0 atom stereocenters. The Hall–Kier alpha value is -2.02. The van der Waals surface area contributed by atoms with Gasteiger partial charge in [0.2, 0.25) is 5.67 Å². The summed E-state index contributed by atoms with van der Waals surface area (Å²) in [6, 6.07) is 4.21. The van der Waals surface area contributed by atoms with E-state index in [4.69, 9.17) is 0 Å². The van der Waals surface area contributed by atoms with Gasteiger partial charge in [0.1, 0.15) is 11.6 Å². The first-order chi connectivity index (χ1) is 12.5. The predicted molar refractivity (Wildman–Crippen MR) is 98.0 cm³/mol. The third-order valence-electron chi connectivity index (χ3n) is 4.90. The fourth-order valence-corrected chi connectivity index (χ4v) is 3.53. The van der Waals surface area contributed by atoms with Crippen LogP contribution in [0.15, 0.2) is 12.1 Å². The summed E-state index contributed by atoms with van der Waals surface area (Å²) in [6.07, 6.45) is 4.75. The Morgan fingerprint density at radius 1 is 1.35 bits per heavy atom. The molecule has 0 radical (unpaired) electrons. The highest BCUT2D eigenvalue weighted by atomic mass is 19.1. The number of aromatic nitrogens is 1. The molecule has 0 saturated carbocycles. The van der Waals surface area contributed by atoms with Crippen molar-refractivity contribution in [3.05, 3.63) is 23.4 Å². The van der Waals surface area contributed by atoms with Crippen LogP contribution in [0.3, 0.4) is 0 Å². The molecular weight excluding hydrogens is 335 g/mol. The van der Waals surface area contributed by atoms with Crippen LogP contribution in [0.4, 0.5) is 10.2 Å². The Bertz CT molecular complexity index is 674. The highest BCUT2D eigenvalue weighted by molar-refractivity contribution is 5.87. The van der Waals surface area contributed by atoms with Gasteiger partial charge in [-0.2, -0.15) is 0 Å². The van der Waals surface area contributed by atoms with Gasteiger partial charge >= 0.3 is 0 Å². The molecule has 0 spiro atoms. The van der Waals surface area contributed by atoms with Gasteiger partial charge < -0.3 is 10.6 Å². The molecule has 3 heterocycles. The van der Waals surface area contributed by atoms with Gasteiger partial charge in [0, 0.05) is 31.9 Å². The number of amides is 1. The van der Waals surface area contributed by atoms with Gasteiger partial charge in [-0.3, -0.25) is 14.5 Å². The third kappa shape index (κ3) is 4.58. The number of fused-ring (bicyclic) bond motifs is 1. The minimum atomic E-state index is -1.85. The number of aryl methyl sites for hydroxylation is 2. The molecule has 7 heteroatoms. The van der Waals surface area contributed by atoms with Crippen LogP contribution in [0.25, 0.3) is 0 Å². The van der Waals surface area contributed by atoms with Crippen molar-refractivity contribution in [2.75, 3.05) is 38.0 Å². The van der Waals surface area contributed by atoms with Crippen LogP contribution in [0.1, 0.15) is 37.4 Å². The van der Waals surface area contributed by atoms with Crippen LogP contribution in [-0.4, -0.2) is 60.0 Å². The number of carbonyl (C=O) groups excluding carboxylic acids is 2. The summed E-state index contributed by atoms with van der Waals surface area (Å²) in [5, 5.41) is 6.01. The van der Waals surface area contributed by atoms with E-state index >= 15 is 0 Å². The number of Topliss-reactive ketones (excluding diaryl/α,β-unsaturated/α-hetero) is 1. The molecule has 26 heavy (non-hydrogen) atoms. The number of nitrogens with one attached hydrogen (secondary N) is 2. The number of unbranched alkanes of at least 4 members (excludes halogenated alkanes) is 1. The molecule has 0 aromatic carbocycles. The van der Waals surface area contributed by atoms with Gasteiger partial charge in [-0.25, -0.2) is 9.37 Å². The van der Waals surface area contributed by atoms with E-state index in [1.807, 2.05) is 0 Å². The first kappa shape index (κ1) is 18.8. The van der Waals surface area contributed by atoms with E-state index in [-0.39, 0.29) is 25.4 Å². The lowest BCUT2D eigenvalue weighted by atomic mass is 9.95. The van der Waals surface area contributed by atoms with Crippen molar-refractivity contribution in [3.8, 4) is 0 Å². The zero-order valence-corrected chi connectivity index (χ0v) is 15.3. The Balaban J connectivity index is 1.33. The summed E-state index contributed by atoms with van der Waals surface area (Å²) < 4.78 is 14.4. The summed E-state index contributed by atoms with van der Waals surface area (Å²) >= 11 is 0. The van der Waals surface area contributed by atoms with Gasteiger partial charge in [0.15, 0.2) is 0 Å². The maximum absolute atomic E-state index is 14.4. The van der Waals surface area contributed by atoms with Crippen molar-refractivity contribution in [1.82, 2.24) is 15.2 Å². The first-order valence-corrected chi connectivity index (χ1v) is 9.38. The minimum absolute atomic E-state index is 0.00442. The predicted octanol–water partition coefficient (Wildman–Crippen LogP) is 1.49. The van der Waals surface area contributed by atoms with E-state index in [0.29, 0.717) is 6.54 Å². The Morgan fingerprint density at radius 2 is 2.15 bits per heavy atom. The van der Waals surface area contributed by atoms with Crippen molar-refractivity contribution in [1.29, 1.82) is 0 Å². The number of likely N-dealkylation sites (tertiary alicyclic amines) is 1. The second kappa shape index (κ2) is 8.12. The SMILES string of the molecule is CC(=O)CN1CC(F)(C(=O)NCCCCc2ccc3c(n2)NCCC3)C1. The molecule has 0 aliphatic carbocycles. The number of hydrogen-bond acceptors (Lipinski definition) is 5. The maximum Gasteiger partial charge on any atom is 0.260 e. The van der Waals surface area contributed by atoms with Crippen molar-refractivity contribution in [2.24, 2.45) is 0 Å². The highest BCUT2D eigenvalue weighted by Crippen LogP contribution is 2.25. The molecule has 2 aliphatic heterocycles. The maximum atomic E-state index is 14.4. The number of hydrogen-bond donors (Lipinski definition) is 2. The zero-order chi connectivity index (χ0) is 18.6. The third-order valence-corrected chi connectivity index (χ3v) is 4.90. The largest absolute Gasteiger partial charge is 0.370 e. The average Bonchev–Trinajstić information content (AvgIpc) is 2.59. The van der Waals surface area contributed by atoms with E-state index in [1.54, 1.807) is 4.90 Å². The quantitative estimate of drug-likeness (QED) is 0.686. The number of carbonyl (C=O) groups is 2. The van der Waals surface area contributed by atoms with Gasteiger partial charge in [0.25, 0.3) is 5.91 Å². The van der Waals surface area contributed by atoms with Gasteiger partial charge in [-0.05, 0) is 50.7 Å². The Kier molecular flexibility index (Phi) is 5.86. The zero-order valence-electron chi connectivity index (χ0n) is 15.3. The Morgan fingerprint density at radius 3 is 2.92 bits per heavy atom. The normalized spacial score (nSPS) is 18.4. The minimum Gasteiger partial charge on any atom is -0.370 e. The fraction of sp³-hybridized carbons (Fsp3) is 0.632. The van der Waals surface area contributed by atoms with E-state index in [9.17, 15) is 14.0 Å². The van der Waals surface area contributed by atoms with Crippen LogP contribution < -0.4 is 10.6 Å². The molecule has 0 unspecified atom stereocenters. The second-order valence-electron chi connectivity index (χ2n) is 7.37. The van der Waals surface area contributed by atoms with Crippen LogP contribution in [-0.2, 0) is 22.4 Å². The van der Waals surface area contributed by atoms with E-state index in [1.165, 1.54) is 12.5 Å². The molecule has 142 valence electrons. The number of anilines is 1. The van der Waals surface area contributed by atoms with E-state index in [0.717, 1.165) is 50.2 Å². The molecule has 1 saturated heterocycles. The lowest BCUT2D eigenvalue weighted by Gasteiger charge is -2.42. The van der Waals surface area contributed by atoms with Crippen molar-refractivity contribution in [2.45, 2.75) is 44.7 Å². The molecule has 1 amide bonds. The summed E-state index contributed by atoms with van der Waals surface area (Å²) in [4.78, 5) is 29.2. The first-order valence-electron chi connectivity index (χ1n) is 9.38. The van der Waals surface area contributed by atoms with Crippen molar-refractivity contribution >= 4 is 17.5 Å². The molecule has 6 nitrogen and oxygen atoms in total. The molecular formula is C19H27FN4O2. The lowest BCUT2D eigenvalue weighted by Crippen LogP contribution is -2.66. The number of ketones is 1. The molecule has 1 aromatic rings. The summed E-state index contributed by atoms with van der Waals surface area (Å²) in [5.41, 5.74) is 0.478. The summed E-state index contributed by atoms with van der Waals surface area (Å²) in [7, 11) is 0. The molecule has 2 N–H and O–H groups in total. The molecule has 3 rings (SSSR count). The average molecular weight is 362 g/mol. The van der Waals surface area contributed by atoms with E-state index < -0.39 is 11.6 Å². The lowest BCUT2D eigenvalue weighted by molar-refractivity contribution is -0.147. The second-order valence-corrected chi connectivity index (χ2v) is 7.37. The summed E-state index contributed by atoms with van der Waals surface area (Å²) in [6.45, 7) is 3.12. The van der Waals surface area contributed by atoms with Crippen LogP contribution >= 0.6 is 0 Å². The van der Waals surface area contributed by atoms with Gasteiger partial charge in [0.05, 0.1) is 6.54 Å². The van der Waals surface area contributed by atoms with Crippen LogP contribution in [0.5, 0.6) is 0 Å². The van der Waals surface area contributed by atoms with Crippen LogP contribution in [0, 0.1) is 0 Å². The fourth-order valence-electron chi connectivity index (χ4n) is 3.53. The van der Waals surface area contributed by atoms with Crippen LogP contribution in [0.2, 0.25) is 0 Å². The monoisotopic (exact) mass is 362 g/mol. The molecule has 1 fully saturated rings. The van der Waals surface area contributed by atoms with Crippen molar-refractivity contribution in [3.63, 3.8) is 0 Å². The Labute approximate surface area is 153 Å². The van der Waals surface area contributed by atoms with Gasteiger partial charge in [-0.15, -0.1) is 0 Å². The molecule has 2 aliphatic rings. The topological polar surface area (TPSA) is 74.3 Å². The molecule has 0 bridgehead atoms. The van der Waals surface area contributed by atoms with E-state index in [2.05, 4.69) is 27.8 Å². The number of rotatable bonds is 8. The van der Waals surface area contributed by atoms with Gasteiger partial charge in [-0.1, -0.05) is 6.07 Å². The highest BCUT2D eigenvalue weighted by Gasteiger charge is 2.49. The smallest absolute Gasteiger partial charge is 0.260 e. The molecule has 1 aromatic heterocycles. The number of pyridine rings is 1. The number of nitrogens with zero attached hydrogens (tertiary/aromatic N) is 2. The summed E-state index contributed by atoms with van der Waals surface area (Å²) in [5.74, 6) is 0.424. The number of halogens is 1. The standard InChI is InChI=1S/C19H27FN4O2/c1-14(25)11-24-12-19(20,13-24)18(26)22-9-3-2-6-16-8-7-15-5-4-10-21-17(15)23-16/h7-8H,2-6,9-13H2,1H3,(H,21,23)(H,22,26). The van der Waals surface area contributed by atoms with Crippen molar-refractivity contribution < 1.29 is 14.0 Å². The number of alkyl halides is 1.